The van der Waals surface area contributed by atoms with E-state index in [0.717, 1.165) is 14.5 Å². The molecule has 1 amide bonds. The van der Waals surface area contributed by atoms with Gasteiger partial charge in [-0.05, 0) is 69.1 Å². The summed E-state index contributed by atoms with van der Waals surface area (Å²) in [6.45, 7) is 1.95. The lowest BCUT2D eigenvalue weighted by Gasteiger charge is -2.09. The molecule has 0 saturated carbocycles. The van der Waals surface area contributed by atoms with Gasteiger partial charge in [-0.15, -0.1) is 0 Å². The van der Waals surface area contributed by atoms with E-state index in [4.69, 9.17) is 11.6 Å². The molecule has 0 fully saturated rings. The predicted molar refractivity (Wildman–Crippen MR) is 86.0 cm³/mol. The largest absolute Gasteiger partial charge is 0.321 e. The van der Waals surface area contributed by atoms with Gasteiger partial charge in [-0.2, -0.15) is 0 Å². The van der Waals surface area contributed by atoms with Crippen LogP contribution in [0.1, 0.15) is 15.9 Å². The Morgan fingerprint density at radius 2 is 1.84 bits per heavy atom. The van der Waals surface area contributed by atoms with E-state index in [0.29, 0.717) is 16.3 Å². The molecule has 2 nitrogen and oxygen atoms in total. The number of aryl methyl sites for hydroxylation is 1. The number of hydrogen-bond donors (Lipinski definition) is 1. The molecule has 0 spiro atoms. The van der Waals surface area contributed by atoms with E-state index < -0.39 is 0 Å². The molecule has 0 aliphatic heterocycles. The van der Waals surface area contributed by atoms with Crippen molar-refractivity contribution < 1.29 is 4.79 Å². The number of rotatable bonds is 2. The van der Waals surface area contributed by atoms with Gasteiger partial charge < -0.3 is 5.32 Å². The van der Waals surface area contributed by atoms with Crippen molar-refractivity contribution in [3.05, 3.63) is 61.5 Å². The summed E-state index contributed by atoms with van der Waals surface area (Å²) < 4.78 is 1.51. The molecule has 0 bridgehead atoms. The maximum atomic E-state index is 12.2. The highest BCUT2D eigenvalue weighted by atomic mass is 79.9. The van der Waals surface area contributed by atoms with Crippen LogP contribution in [0.4, 0.5) is 5.69 Å². The first-order chi connectivity index (χ1) is 8.97. The van der Waals surface area contributed by atoms with Gasteiger partial charge >= 0.3 is 0 Å². The minimum Gasteiger partial charge on any atom is -0.321 e. The Kier molecular flexibility index (Phi) is 4.66. The van der Waals surface area contributed by atoms with Gasteiger partial charge in [0.25, 0.3) is 5.91 Å². The van der Waals surface area contributed by atoms with Crippen LogP contribution in [-0.4, -0.2) is 5.91 Å². The summed E-state index contributed by atoms with van der Waals surface area (Å²) in [5.41, 5.74) is 2.31. The quantitative estimate of drug-likeness (QED) is 0.712. The molecule has 5 heteroatoms. The fraction of sp³-hybridized carbons (Fsp3) is 0.0714. The second kappa shape index (κ2) is 6.07. The Bertz CT molecular complexity index is 643. The van der Waals surface area contributed by atoms with Gasteiger partial charge in [0, 0.05) is 14.0 Å². The van der Waals surface area contributed by atoms with E-state index in [9.17, 15) is 4.79 Å². The zero-order valence-corrected chi connectivity index (χ0v) is 13.9. The van der Waals surface area contributed by atoms with Crippen molar-refractivity contribution in [2.24, 2.45) is 0 Å². The normalized spacial score (nSPS) is 10.3. The number of hydrogen-bond acceptors (Lipinski definition) is 1. The lowest BCUT2D eigenvalue weighted by Crippen LogP contribution is -2.13. The minimum atomic E-state index is -0.168. The third-order valence-electron chi connectivity index (χ3n) is 2.55. The summed E-state index contributed by atoms with van der Waals surface area (Å²) in [6.07, 6.45) is 0. The average molecular weight is 404 g/mol. The molecule has 2 aromatic carbocycles. The van der Waals surface area contributed by atoms with Crippen LogP contribution in [0, 0.1) is 6.92 Å². The summed E-state index contributed by atoms with van der Waals surface area (Å²) in [5.74, 6) is -0.168. The molecule has 2 aromatic rings. The highest BCUT2D eigenvalue weighted by molar-refractivity contribution is 9.11. The van der Waals surface area contributed by atoms with Crippen molar-refractivity contribution in [1.29, 1.82) is 0 Å². The van der Waals surface area contributed by atoms with Crippen molar-refractivity contribution in [2.75, 3.05) is 5.32 Å². The van der Waals surface area contributed by atoms with Crippen LogP contribution in [0.5, 0.6) is 0 Å². The van der Waals surface area contributed by atoms with Crippen LogP contribution in [-0.2, 0) is 0 Å². The number of anilines is 1. The van der Waals surface area contributed by atoms with Crippen LogP contribution in [0.3, 0.4) is 0 Å². The Morgan fingerprint density at radius 3 is 2.53 bits per heavy atom. The minimum absolute atomic E-state index is 0.168. The molecule has 0 aromatic heterocycles. The van der Waals surface area contributed by atoms with Gasteiger partial charge in [-0.25, -0.2) is 0 Å². The SMILES string of the molecule is Cc1ccc(Br)c(C(=O)Nc2ccc(Cl)cc2Br)c1. The van der Waals surface area contributed by atoms with E-state index in [1.165, 1.54) is 0 Å². The molecule has 1 N–H and O–H groups in total. The predicted octanol–water partition coefficient (Wildman–Crippen LogP) is 5.43. The lowest BCUT2D eigenvalue weighted by atomic mass is 10.1. The molecule has 0 saturated heterocycles. The van der Waals surface area contributed by atoms with Crippen molar-refractivity contribution in [3.63, 3.8) is 0 Å². The third kappa shape index (κ3) is 3.59. The molecule has 2 rings (SSSR count). The van der Waals surface area contributed by atoms with Crippen LogP contribution >= 0.6 is 43.5 Å². The van der Waals surface area contributed by atoms with Crippen molar-refractivity contribution in [3.8, 4) is 0 Å². The Morgan fingerprint density at radius 1 is 1.11 bits per heavy atom. The number of halogens is 3. The van der Waals surface area contributed by atoms with Gasteiger partial charge in [0.05, 0.1) is 11.3 Å². The first-order valence-corrected chi connectivity index (χ1v) is 7.46. The van der Waals surface area contributed by atoms with Crippen molar-refractivity contribution >= 4 is 55.1 Å². The molecule has 98 valence electrons. The van der Waals surface area contributed by atoms with E-state index >= 15 is 0 Å². The van der Waals surface area contributed by atoms with E-state index in [-0.39, 0.29) is 5.91 Å². The molecule has 0 aliphatic carbocycles. The Labute approximate surface area is 133 Å². The number of carbonyl (C=O) groups excluding carboxylic acids is 1. The summed E-state index contributed by atoms with van der Waals surface area (Å²) in [4.78, 5) is 12.2. The van der Waals surface area contributed by atoms with E-state index in [1.807, 2.05) is 25.1 Å². The average Bonchev–Trinajstić information content (AvgIpc) is 2.35. The smallest absolute Gasteiger partial charge is 0.256 e. The maximum absolute atomic E-state index is 12.2. The fourth-order valence-corrected chi connectivity index (χ4v) is 2.80. The number of amides is 1. The first-order valence-electron chi connectivity index (χ1n) is 5.50. The van der Waals surface area contributed by atoms with Gasteiger partial charge in [-0.3, -0.25) is 4.79 Å². The third-order valence-corrected chi connectivity index (χ3v) is 4.13. The first kappa shape index (κ1) is 14.6. The topological polar surface area (TPSA) is 29.1 Å². The molecule has 0 unspecified atom stereocenters. The highest BCUT2D eigenvalue weighted by Gasteiger charge is 2.12. The number of benzene rings is 2. The number of nitrogens with one attached hydrogen (secondary N) is 1. The lowest BCUT2D eigenvalue weighted by molar-refractivity contribution is 0.102. The van der Waals surface area contributed by atoms with E-state index in [1.54, 1.807) is 18.2 Å². The van der Waals surface area contributed by atoms with Crippen LogP contribution in [0.15, 0.2) is 45.3 Å². The number of carbonyl (C=O) groups is 1. The second-order valence-electron chi connectivity index (χ2n) is 4.06. The second-order valence-corrected chi connectivity index (χ2v) is 6.21. The summed E-state index contributed by atoms with van der Waals surface area (Å²) >= 11 is 12.6. The van der Waals surface area contributed by atoms with Crippen molar-refractivity contribution in [2.45, 2.75) is 6.92 Å². The van der Waals surface area contributed by atoms with Crippen molar-refractivity contribution in [1.82, 2.24) is 0 Å². The molecular weight excluding hydrogens is 393 g/mol. The standard InChI is InChI=1S/C14H10Br2ClNO/c1-8-2-4-11(15)10(6-8)14(19)18-13-5-3-9(17)7-12(13)16/h2-7H,1H3,(H,18,19). The molecular formula is C14H10Br2ClNO. The molecule has 19 heavy (non-hydrogen) atoms. The Hall–Kier alpha value is -0.840. The van der Waals surface area contributed by atoms with Crippen LogP contribution in [0.25, 0.3) is 0 Å². The van der Waals surface area contributed by atoms with Gasteiger partial charge in [0.15, 0.2) is 0 Å². The molecule has 0 heterocycles. The summed E-state index contributed by atoms with van der Waals surface area (Å²) in [5, 5.41) is 3.46. The summed E-state index contributed by atoms with van der Waals surface area (Å²) in [6, 6.07) is 10.9. The van der Waals surface area contributed by atoms with Crippen LogP contribution < -0.4 is 5.32 Å². The zero-order valence-electron chi connectivity index (χ0n) is 10.0. The molecule has 0 radical (unpaired) electrons. The van der Waals surface area contributed by atoms with E-state index in [2.05, 4.69) is 37.2 Å². The van der Waals surface area contributed by atoms with Gasteiger partial charge in [0.1, 0.15) is 0 Å². The fourth-order valence-electron chi connectivity index (χ4n) is 1.59. The molecule has 0 aliphatic rings. The highest BCUT2D eigenvalue weighted by Crippen LogP contribution is 2.27. The van der Waals surface area contributed by atoms with Gasteiger partial charge in [0.2, 0.25) is 0 Å². The maximum Gasteiger partial charge on any atom is 0.256 e. The Balaban J connectivity index is 2.28. The monoisotopic (exact) mass is 401 g/mol. The summed E-state index contributed by atoms with van der Waals surface area (Å²) in [7, 11) is 0. The van der Waals surface area contributed by atoms with Gasteiger partial charge in [-0.1, -0.05) is 23.2 Å². The van der Waals surface area contributed by atoms with Crippen LogP contribution in [0.2, 0.25) is 5.02 Å². The molecule has 0 atom stereocenters. The zero-order chi connectivity index (χ0) is 14.0.